The Morgan fingerprint density at radius 1 is 0.220 bits per heavy atom. The van der Waals surface area contributed by atoms with Crippen molar-refractivity contribution < 1.29 is 0 Å². The van der Waals surface area contributed by atoms with Gasteiger partial charge in [-0.3, -0.25) is 0 Å². The fraction of sp³-hybridized carbons (Fsp3) is 0.0769. The van der Waals surface area contributed by atoms with Gasteiger partial charge in [-0.05, 0) is 79.9 Å². The van der Waals surface area contributed by atoms with E-state index >= 15 is 0 Å². The topological polar surface area (TPSA) is 3.24 Å². The fourth-order valence-electron chi connectivity index (χ4n) is 17.2. The van der Waals surface area contributed by atoms with Crippen LogP contribution < -0.4 is 163 Å². The molecule has 10 rings (SSSR count). The number of rotatable bonds is 6. The molecule has 2 aliphatic carbocycles. The van der Waals surface area contributed by atoms with Crippen LogP contribution in [0.25, 0.3) is 33.4 Å². The Bertz CT molecular complexity index is 4140. The normalized spacial score (nSPS) is 13.4. The predicted octanol–water partition coefficient (Wildman–Crippen LogP) is -37.0. The van der Waals surface area contributed by atoms with E-state index in [2.05, 4.69) is 271 Å². The van der Waals surface area contributed by atoms with Crippen LogP contribution in [0.3, 0.4) is 0 Å². The lowest BCUT2D eigenvalue weighted by molar-refractivity contribution is 0.669. The van der Waals surface area contributed by atoms with Crippen molar-refractivity contribution in [1.82, 2.24) is 0 Å². The van der Waals surface area contributed by atoms with Gasteiger partial charge in [0.15, 0.2) is 0 Å². The van der Waals surface area contributed by atoms with Gasteiger partial charge in [0.25, 0.3) is 0 Å². The third-order valence-electron chi connectivity index (χ3n) is 23.8. The second-order valence-corrected chi connectivity index (χ2v) is 27.3. The van der Waals surface area contributed by atoms with Crippen LogP contribution in [0.2, 0.25) is 0 Å². The van der Waals surface area contributed by atoms with Crippen molar-refractivity contribution in [2.24, 2.45) is 0 Å². The van der Waals surface area contributed by atoms with Crippen LogP contribution in [0.5, 0.6) is 0 Å². The minimum atomic E-state index is -0.669. The highest BCUT2D eigenvalue weighted by Crippen LogP contribution is 2.58. The number of anilines is 3. The first-order chi connectivity index (χ1) is 38.1. The summed E-state index contributed by atoms with van der Waals surface area (Å²) in [5, 5.41) is 0. The van der Waals surface area contributed by atoms with Crippen molar-refractivity contribution in [3.63, 3.8) is 0 Å². The Hall–Kier alpha value is -4.56. The summed E-state index contributed by atoms with van der Waals surface area (Å²) in [4.78, 5) is 2.81. The van der Waals surface area contributed by atoms with Crippen LogP contribution in [-0.4, -0.2) is 228 Å². The largest absolute Gasteiger partial charge is 0.309 e. The van der Waals surface area contributed by atoms with E-state index < -0.39 is 5.41 Å². The number of hydrogen-bond acceptors (Lipinski definition) is 1. The molecule has 8 aromatic rings. The van der Waals surface area contributed by atoms with Crippen LogP contribution >= 0.6 is 0 Å². The molecular weight excluding hydrogens is 952 g/mol. The minimum Gasteiger partial charge on any atom is -0.309 e. The molecule has 0 heterocycles. The molecule has 0 aromatic heterocycles. The van der Waals surface area contributed by atoms with Crippen molar-refractivity contribution in [3.05, 3.63) is 57.6 Å². The van der Waals surface area contributed by atoms with E-state index in [4.69, 9.17) is 0 Å². The van der Waals surface area contributed by atoms with Gasteiger partial charge in [0.1, 0.15) is 228 Å². The summed E-state index contributed by atoms with van der Waals surface area (Å²) < 4.78 is 0. The summed E-state index contributed by atoms with van der Waals surface area (Å²) in [5.41, 5.74) is 60.1. The quantitative estimate of drug-likeness (QED) is 0.150. The predicted molar refractivity (Wildman–Crippen MR) is 459 cm³/mol. The first-order valence-corrected chi connectivity index (χ1v) is 30.7. The van der Waals surface area contributed by atoms with Crippen LogP contribution in [0.1, 0.15) is 47.2 Å². The molecule has 0 amide bonds. The average Bonchev–Trinajstić information content (AvgIpc) is 1.52. The highest BCUT2D eigenvalue weighted by atomic mass is 15.2. The van der Waals surface area contributed by atoms with E-state index in [1.165, 1.54) is 242 Å². The second kappa shape index (κ2) is 20.3. The molecule has 0 saturated carbocycles. The second-order valence-electron chi connectivity index (χ2n) is 27.3. The van der Waals surface area contributed by atoms with Crippen LogP contribution in [0.15, 0.2) is 24.3 Å². The molecule has 82 heavy (non-hydrogen) atoms. The molecule has 368 valence electrons. The van der Waals surface area contributed by atoms with E-state index in [0.29, 0.717) is 0 Å². The maximum Gasteiger partial charge on any atom is 0.140 e. The van der Waals surface area contributed by atoms with Crippen LogP contribution in [0, 0.1) is 0 Å². The van der Waals surface area contributed by atoms with Gasteiger partial charge in [0.05, 0.1) is 16.8 Å². The number of benzene rings is 8. The standard InChI is InChI=1S/C52H68B29N/c1-51(2)20-15(17-21(51)32(63)42(73)38(69)28(17)59)12(5-10(55)26(20)57)82(7-3-8(53)14(9(54)4-7)19-30(61)40(71)48(79)41(72)31(19)62)13-6-11(56)27(58)22-16(13)18-23(33(64)43(74)39(70)29(18)60)52(22,24-34(65)44(75)49(80)45(76)35(24)66)25-36(67)46(77)50(81)47(78)37(25)68/h3-6H,53-81H2,1-2H3. The monoisotopic (exact) mass is 1030 g/mol. The van der Waals surface area contributed by atoms with E-state index in [1.54, 1.807) is 0 Å². The summed E-state index contributed by atoms with van der Waals surface area (Å²) in [6.45, 7) is 5.03. The molecule has 0 aliphatic heterocycles. The van der Waals surface area contributed by atoms with Gasteiger partial charge in [-0.15, -0.1) is 71.0 Å². The number of hydrogen-bond donors (Lipinski definition) is 0. The van der Waals surface area contributed by atoms with Gasteiger partial charge in [-0.25, -0.2) is 0 Å². The van der Waals surface area contributed by atoms with Gasteiger partial charge in [-0.2, -0.15) is 0 Å². The molecule has 0 atom stereocenters. The Labute approximate surface area is 519 Å². The lowest BCUT2D eigenvalue weighted by atomic mass is 9.47. The molecule has 0 spiro atoms. The molecule has 30 heteroatoms. The molecule has 0 N–H and O–H groups in total. The first-order valence-electron chi connectivity index (χ1n) is 30.7. The Morgan fingerprint density at radius 2 is 0.463 bits per heavy atom. The maximum atomic E-state index is 2.81. The zero-order valence-electron chi connectivity index (χ0n) is 56.8. The van der Waals surface area contributed by atoms with Crippen LogP contribution in [-0.2, 0) is 10.8 Å². The van der Waals surface area contributed by atoms with Crippen molar-refractivity contribution in [3.8, 4) is 33.4 Å². The maximum absolute atomic E-state index is 2.81. The molecule has 0 fully saturated rings. The van der Waals surface area contributed by atoms with Gasteiger partial charge in [-0.1, -0.05) is 101 Å². The molecule has 2 aliphatic rings. The van der Waals surface area contributed by atoms with E-state index in [0.717, 1.165) is 0 Å². The summed E-state index contributed by atoms with van der Waals surface area (Å²) in [6, 6.07) is 10.3. The van der Waals surface area contributed by atoms with Crippen molar-refractivity contribution in [1.29, 1.82) is 0 Å². The lowest BCUT2D eigenvalue weighted by Gasteiger charge is -2.44. The smallest absolute Gasteiger partial charge is 0.140 e. The first kappa shape index (κ1) is 60.6. The highest BCUT2D eigenvalue weighted by molar-refractivity contribution is 6.73. The fourth-order valence-corrected chi connectivity index (χ4v) is 17.2. The molecule has 8 aromatic carbocycles. The number of fused-ring (bicyclic) bond motifs is 6. The summed E-state index contributed by atoms with van der Waals surface area (Å²) in [6.07, 6.45) is 0. The lowest BCUT2D eigenvalue weighted by Crippen LogP contribution is -2.65. The van der Waals surface area contributed by atoms with Crippen LogP contribution in [0.4, 0.5) is 17.1 Å². The zero-order valence-corrected chi connectivity index (χ0v) is 56.8. The Morgan fingerprint density at radius 3 is 0.829 bits per heavy atom. The summed E-state index contributed by atoms with van der Waals surface area (Å²) >= 11 is 0. The van der Waals surface area contributed by atoms with Gasteiger partial charge in [0, 0.05) is 22.2 Å². The highest BCUT2D eigenvalue weighted by Gasteiger charge is 2.53. The molecule has 1 nitrogen and oxygen atoms in total. The molecule has 0 radical (unpaired) electrons. The average molecular weight is 1020 g/mol. The molecule has 0 bridgehead atoms. The minimum absolute atomic E-state index is 0.234. The van der Waals surface area contributed by atoms with Gasteiger partial charge < -0.3 is 4.90 Å². The van der Waals surface area contributed by atoms with Gasteiger partial charge in [0.2, 0.25) is 0 Å². The Kier molecular flexibility index (Phi) is 15.0. The molecule has 0 unspecified atom stereocenters. The molecule has 0 saturated heterocycles. The van der Waals surface area contributed by atoms with Gasteiger partial charge >= 0.3 is 0 Å². The SMILES string of the molecule is Bc1cc(N(c2cc(B)c(-c3c(B)c(B)c(B)c(B)c3B)c(B)c2)c2cc(B)c(B)c3c2-c2c(B)c(B)c(B)c(B)c2C3(c2c(B)c(B)c(B)c(B)c2B)c2c(B)c(B)c(B)c(B)c2B)c2c(c1B)C(C)(C)c1c(B)c(B)c(B)c(B)c1-2. The summed E-state index contributed by atoms with van der Waals surface area (Å²) in [7, 11) is 69.6. The Balaban J connectivity index is 1.53. The third-order valence-corrected chi connectivity index (χ3v) is 23.8. The molecular formula is C52H68B29N. The van der Waals surface area contributed by atoms with Crippen molar-refractivity contribution >= 4 is 403 Å². The van der Waals surface area contributed by atoms with Crippen molar-refractivity contribution in [2.45, 2.75) is 24.7 Å². The zero-order chi connectivity index (χ0) is 60.8. The van der Waals surface area contributed by atoms with E-state index in [9.17, 15) is 0 Å². The van der Waals surface area contributed by atoms with E-state index in [-0.39, 0.29) is 5.41 Å². The third kappa shape index (κ3) is 7.81. The van der Waals surface area contributed by atoms with E-state index in [1.807, 2.05) is 0 Å². The van der Waals surface area contributed by atoms with Crippen molar-refractivity contribution in [2.75, 3.05) is 4.90 Å². The number of nitrogens with zero attached hydrogens (tertiary/aromatic N) is 1. The summed E-state index contributed by atoms with van der Waals surface area (Å²) in [5.74, 6) is 0.